The second kappa shape index (κ2) is 1.27. The minimum absolute atomic E-state index is 0.519. The van der Waals surface area contributed by atoms with E-state index in [0.29, 0.717) is 5.92 Å². The second-order valence-corrected chi connectivity index (χ2v) is 1.86. The third kappa shape index (κ3) is 0.492. The summed E-state index contributed by atoms with van der Waals surface area (Å²) in [7, 11) is 0. The van der Waals surface area contributed by atoms with Crippen molar-refractivity contribution in [1.29, 1.82) is 0 Å². The van der Waals surface area contributed by atoms with Crippen LogP contribution >= 0.6 is 0 Å². The van der Waals surface area contributed by atoms with Gasteiger partial charge in [0.15, 0.2) is 5.82 Å². The van der Waals surface area contributed by atoms with E-state index in [0.717, 1.165) is 12.2 Å². The highest BCUT2D eigenvalue weighted by Gasteiger charge is 2.26. The molecule has 0 spiro atoms. The smallest absolute Gasteiger partial charge is 0.151 e. The lowest BCUT2D eigenvalue weighted by Crippen LogP contribution is -1.80. The first kappa shape index (κ1) is 4.00. The Morgan fingerprint density at radius 1 is 1.75 bits per heavy atom. The average molecular weight is 109 g/mol. The molecule has 1 unspecified atom stereocenters. The van der Waals surface area contributed by atoms with Crippen molar-refractivity contribution in [3.63, 3.8) is 0 Å². The van der Waals surface area contributed by atoms with Crippen molar-refractivity contribution in [2.45, 2.75) is 12.3 Å². The number of hydrogen-bond donors (Lipinski definition) is 1. The molecule has 1 radical (unpaired) electrons. The number of nitrogens with one attached hydrogen (secondary N) is 1. The maximum Gasteiger partial charge on any atom is 0.151 e. The summed E-state index contributed by atoms with van der Waals surface area (Å²) < 4.78 is 0. The van der Waals surface area contributed by atoms with Gasteiger partial charge in [-0.15, -0.1) is 5.10 Å². The lowest BCUT2D eigenvalue weighted by atomic mass is 10.4. The highest BCUT2D eigenvalue weighted by atomic mass is 15.5. The van der Waals surface area contributed by atoms with Crippen LogP contribution in [0.15, 0.2) is 0 Å². The SMILES string of the molecule is [CH]1CC1c1nnn[nH]1. The van der Waals surface area contributed by atoms with Crippen LogP contribution in [0.3, 0.4) is 0 Å². The summed E-state index contributed by atoms with van der Waals surface area (Å²) in [6.45, 7) is 0. The van der Waals surface area contributed by atoms with Crippen molar-refractivity contribution >= 4 is 0 Å². The maximum atomic E-state index is 3.73. The van der Waals surface area contributed by atoms with Crippen LogP contribution in [0.2, 0.25) is 0 Å². The fraction of sp³-hybridized carbons (Fsp3) is 0.500. The van der Waals surface area contributed by atoms with Gasteiger partial charge >= 0.3 is 0 Å². The molecule has 1 aliphatic carbocycles. The zero-order valence-corrected chi connectivity index (χ0v) is 4.20. The molecule has 8 heavy (non-hydrogen) atoms. The maximum absolute atomic E-state index is 3.73. The number of H-pyrrole nitrogens is 1. The predicted molar refractivity (Wildman–Crippen MR) is 25.8 cm³/mol. The fourth-order valence-corrected chi connectivity index (χ4v) is 0.615. The van der Waals surface area contributed by atoms with Crippen LogP contribution in [0.4, 0.5) is 0 Å². The minimum Gasteiger partial charge on any atom is -0.243 e. The van der Waals surface area contributed by atoms with Crippen molar-refractivity contribution in [2.75, 3.05) is 0 Å². The first-order valence-corrected chi connectivity index (χ1v) is 2.54. The largest absolute Gasteiger partial charge is 0.243 e. The first-order valence-electron chi connectivity index (χ1n) is 2.54. The molecule has 0 aromatic carbocycles. The molecule has 1 aliphatic rings. The predicted octanol–water partition coefficient (Wildman–Crippen LogP) is -0.109. The van der Waals surface area contributed by atoms with Crippen molar-refractivity contribution in [1.82, 2.24) is 20.6 Å². The van der Waals surface area contributed by atoms with E-state index in [1.54, 1.807) is 0 Å². The Hall–Kier alpha value is -0.930. The molecule has 0 saturated heterocycles. The van der Waals surface area contributed by atoms with Crippen molar-refractivity contribution in [2.24, 2.45) is 0 Å². The number of aromatic amines is 1. The third-order valence-electron chi connectivity index (χ3n) is 1.18. The van der Waals surface area contributed by atoms with E-state index in [2.05, 4.69) is 27.0 Å². The van der Waals surface area contributed by atoms with Crippen molar-refractivity contribution in [3.8, 4) is 0 Å². The van der Waals surface area contributed by atoms with Crippen molar-refractivity contribution < 1.29 is 0 Å². The van der Waals surface area contributed by atoms with E-state index in [4.69, 9.17) is 0 Å². The van der Waals surface area contributed by atoms with Gasteiger partial charge in [0.1, 0.15) is 0 Å². The van der Waals surface area contributed by atoms with Crippen molar-refractivity contribution in [3.05, 3.63) is 12.2 Å². The Morgan fingerprint density at radius 2 is 2.62 bits per heavy atom. The van der Waals surface area contributed by atoms with E-state index in [1.807, 2.05) is 0 Å². The number of nitrogens with zero attached hydrogens (tertiary/aromatic N) is 3. The summed E-state index contributed by atoms with van der Waals surface area (Å²) >= 11 is 0. The summed E-state index contributed by atoms with van der Waals surface area (Å²) in [5, 5.41) is 13.3. The van der Waals surface area contributed by atoms with Crippen LogP contribution in [-0.4, -0.2) is 20.6 Å². The summed E-state index contributed by atoms with van der Waals surface area (Å²) in [5.74, 6) is 1.41. The molecule has 0 aliphatic heterocycles. The minimum atomic E-state index is 0.519. The van der Waals surface area contributed by atoms with Crippen LogP contribution in [-0.2, 0) is 0 Å². The van der Waals surface area contributed by atoms with E-state index >= 15 is 0 Å². The molecular formula is C4H5N4. The Balaban J connectivity index is 2.28. The van der Waals surface area contributed by atoms with E-state index in [1.165, 1.54) is 0 Å². The van der Waals surface area contributed by atoms with Gasteiger partial charge in [0.2, 0.25) is 0 Å². The standard InChI is InChI=1S/C4H5N4/c1-2-3(1)4-5-7-8-6-4/h1,3H,2H2,(H,5,6,7,8). The lowest BCUT2D eigenvalue weighted by molar-refractivity contribution is 0.881. The quantitative estimate of drug-likeness (QED) is 0.547. The molecule has 1 aromatic heterocycles. The van der Waals surface area contributed by atoms with E-state index in [9.17, 15) is 0 Å². The summed E-state index contributed by atoms with van der Waals surface area (Å²) in [4.78, 5) is 0. The van der Waals surface area contributed by atoms with E-state index < -0.39 is 0 Å². The van der Waals surface area contributed by atoms with Crippen LogP contribution in [0.25, 0.3) is 0 Å². The zero-order chi connectivity index (χ0) is 5.40. The molecule has 1 fully saturated rings. The van der Waals surface area contributed by atoms with Gasteiger partial charge in [-0.25, -0.2) is 5.10 Å². The van der Waals surface area contributed by atoms with E-state index in [-0.39, 0.29) is 0 Å². The molecule has 2 rings (SSSR count). The van der Waals surface area contributed by atoms with Gasteiger partial charge in [0.25, 0.3) is 0 Å². The van der Waals surface area contributed by atoms with Gasteiger partial charge in [-0.2, -0.15) is 0 Å². The van der Waals surface area contributed by atoms with Gasteiger partial charge in [-0.1, -0.05) is 0 Å². The van der Waals surface area contributed by atoms with Gasteiger partial charge in [-0.05, 0) is 23.3 Å². The number of hydrogen-bond acceptors (Lipinski definition) is 3. The zero-order valence-electron chi connectivity index (χ0n) is 4.20. The highest BCUT2D eigenvalue weighted by Crippen LogP contribution is 2.35. The average Bonchev–Trinajstić information content (AvgIpc) is 2.49. The molecule has 1 saturated carbocycles. The van der Waals surface area contributed by atoms with Gasteiger partial charge < -0.3 is 0 Å². The highest BCUT2D eigenvalue weighted by molar-refractivity contribution is 5.13. The molecule has 41 valence electrons. The summed E-state index contributed by atoms with van der Waals surface area (Å²) in [6, 6.07) is 0. The Morgan fingerprint density at radius 3 is 3.12 bits per heavy atom. The molecule has 1 atom stereocenters. The number of rotatable bonds is 1. The van der Waals surface area contributed by atoms with Gasteiger partial charge in [0, 0.05) is 5.92 Å². The topological polar surface area (TPSA) is 54.5 Å². The third-order valence-corrected chi connectivity index (χ3v) is 1.18. The summed E-state index contributed by atoms with van der Waals surface area (Å²) in [5.41, 5.74) is 0. The van der Waals surface area contributed by atoms with Gasteiger partial charge in [0.05, 0.1) is 0 Å². The Kier molecular flexibility index (Phi) is 0.637. The monoisotopic (exact) mass is 109 g/mol. The fourth-order valence-electron chi connectivity index (χ4n) is 0.615. The summed E-state index contributed by atoms with van der Waals surface area (Å²) in [6.07, 6.45) is 3.28. The van der Waals surface area contributed by atoms with Crippen LogP contribution in [0.5, 0.6) is 0 Å². The molecule has 1 heterocycles. The second-order valence-electron chi connectivity index (χ2n) is 1.86. The Labute approximate surface area is 46.3 Å². The first-order chi connectivity index (χ1) is 3.97. The molecule has 1 aromatic rings. The number of tetrazole rings is 1. The number of aromatic nitrogens is 4. The lowest BCUT2D eigenvalue weighted by Gasteiger charge is -1.78. The van der Waals surface area contributed by atoms with Crippen LogP contribution in [0.1, 0.15) is 18.2 Å². The Bertz CT molecular complexity index is 164. The molecule has 4 nitrogen and oxygen atoms in total. The normalized spacial score (nSPS) is 19.0. The molecule has 1 N–H and O–H groups in total. The van der Waals surface area contributed by atoms with Crippen LogP contribution < -0.4 is 0 Å². The molecule has 0 bridgehead atoms. The molecule has 0 amide bonds. The molecular weight excluding hydrogens is 104 g/mol. The molecule has 4 heteroatoms. The van der Waals surface area contributed by atoms with Gasteiger partial charge in [-0.3, -0.25) is 0 Å². The van der Waals surface area contributed by atoms with Crippen LogP contribution in [0, 0.1) is 6.42 Å².